The summed E-state index contributed by atoms with van der Waals surface area (Å²) in [6, 6.07) is 2.16. The Morgan fingerprint density at radius 2 is 2.36 bits per heavy atom. The minimum atomic E-state index is 0.00619. The van der Waals surface area contributed by atoms with Gasteiger partial charge in [0, 0.05) is 12.7 Å². The molecule has 3 rings (SSSR count). The van der Waals surface area contributed by atoms with Crippen molar-refractivity contribution in [1.82, 2.24) is 0 Å². The average molecular weight is 305 g/mol. The maximum atomic E-state index is 8.83. The molecule has 2 heterocycles. The van der Waals surface area contributed by atoms with Gasteiger partial charge < -0.3 is 14.2 Å². The summed E-state index contributed by atoms with van der Waals surface area (Å²) in [7, 11) is 0. The summed E-state index contributed by atoms with van der Waals surface area (Å²) in [4.78, 5) is 0. The van der Waals surface area contributed by atoms with Crippen molar-refractivity contribution in [3.05, 3.63) is 11.6 Å². The normalized spacial score (nSPS) is 37.4. The molecule has 0 N–H and O–H groups in total. The minimum absolute atomic E-state index is 0.00619. The van der Waals surface area contributed by atoms with Crippen LogP contribution in [0.4, 0.5) is 0 Å². The van der Waals surface area contributed by atoms with E-state index in [2.05, 4.69) is 13.0 Å². The van der Waals surface area contributed by atoms with Crippen LogP contribution in [0, 0.1) is 11.3 Å². The monoisotopic (exact) mass is 305 g/mol. The highest BCUT2D eigenvalue weighted by Gasteiger charge is 2.58. The molecular weight excluding hydrogens is 278 g/mol. The Kier molecular flexibility index (Phi) is 5.18. The predicted octanol–water partition coefficient (Wildman–Crippen LogP) is 3.86. The summed E-state index contributed by atoms with van der Waals surface area (Å²) in [5.41, 5.74) is 1.25. The van der Waals surface area contributed by atoms with Gasteiger partial charge in [0.1, 0.15) is 6.10 Å². The van der Waals surface area contributed by atoms with E-state index in [1.807, 2.05) is 0 Å². The van der Waals surface area contributed by atoms with Crippen LogP contribution in [-0.2, 0) is 14.2 Å². The van der Waals surface area contributed by atoms with Crippen LogP contribution >= 0.6 is 0 Å². The largest absolute Gasteiger partial charge is 0.361 e. The standard InChI is InChI=1S/C18H27NO3/c1-14(21-16-8-2-3-13-20-16)6-4-10-18-11-5-7-15(9-12-19)17(18)22-18/h9,14,16-17H,2-8,10-11,13H2,1H3/b15-9-. The maximum absolute atomic E-state index is 8.83. The summed E-state index contributed by atoms with van der Waals surface area (Å²) in [6.45, 7) is 2.98. The first-order valence-corrected chi connectivity index (χ1v) is 8.77. The van der Waals surface area contributed by atoms with Crippen molar-refractivity contribution < 1.29 is 14.2 Å². The Bertz CT molecular complexity index is 450. The van der Waals surface area contributed by atoms with E-state index < -0.39 is 0 Å². The highest BCUT2D eigenvalue weighted by Crippen LogP contribution is 2.53. The fourth-order valence-corrected chi connectivity index (χ4v) is 3.91. The molecule has 4 atom stereocenters. The molecule has 0 amide bonds. The topological polar surface area (TPSA) is 54.8 Å². The zero-order chi connectivity index (χ0) is 15.4. The maximum Gasteiger partial charge on any atom is 0.157 e. The predicted molar refractivity (Wildman–Crippen MR) is 83.1 cm³/mol. The molecule has 0 aromatic carbocycles. The van der Waals surface area contributed by atoms with Gasteiger partial charge in [-0.2, -0.15) is 5.26 Å². The SMILES string of the molecule is CC(CCCC12CCC/C(=C/C#N)C1O2)OC1CCCCO1. The van der Waals surface area contributed by atoms with E-state index in [1.54, 1.807) is 6.08 Å². The van der Waals surface area contributed by atoms with Crippen LogP contribution in [0.25, 0.3) is 0 Å². The van der Waals surface area contributed by atoms with Crippen LogP contribution in [0.15, 0.2) is 11.6 Å². The Morgan fingerprint density at radius 1 is 1.45 bits per heavy atom. The van der Waals surface area contributed by atoms with Gasteiger partial charge in [-0.15, -0.1) is 0 Å². The lowest BCUT2D eigenvalue weighted by Gasteiger charge is -2.26. The van der Waals surface area contributed by atoms with Crippen molar-refractivity contribution in [1.29, 1.82) is 5.26 Å². The summed E-state index contributed by atoms with van der Waals surface area (Å²) >= 11 is 0. The van der Waals surface area contributed by atoms with Gasteiger partial charge in [0.25, 0.3) is 0 Å². The van der Waals surface area contributed by atoms with E-state index in [0.717, 1.165) is 58.0 Å². The molecule has 2 aliphatic heterocycles. The van der Waals surface area contributed by atoms with Crippen LogP contribution in [0.3, 0.4) is 0 Å². The van der Waals surface area contributed by atoms with Crippen molar-refractivity contribution in [3.63, 3.8) is 0 Å². The molecule has 2 saturated heterocycles. The van der Waals surface area contributed by atoms with Gasteiger partial charge in [0.2, 0.25) is 0 Å². The van der Waals surface area contributed by atoms with Gasteiger partial charge in [-0.3, -0.25) is 0 Å². The quantitative estimate of drug-likeness (QED) is 0.552. The zero-order valence-electron chi connectivity index (χ0n) is 13.6. The molecule has 1 saturated carbocycles. The second-order valence-electron chi connectivity index (χ2n) is 6.90. The Labute approximate surface area is 133 Å². The number of ether oxygens (including phenoxy) is 3. The molecule has 0 radical (unpaired) electrons. The molecule has 0 spiro atoms. The lowest BCUT2D eigenvalue weighted by Crippen LogP contribution is -2.27. The van der Waals surface area contributed by atoms with E-state index >= 15 is 0 Å². The van der Waals surface area contributed by atoms with E-state index in [4.69, 9.17) is 19.5 Å². The van der Waals surface area contributed by atoms with E-state index in [1.165, 1.54) is 12.0 Å². The molecule has 0 bridgehead atoms. The third kappa shape index (κ3) is 3.71. The van der Waals surface area contributed by atoms with Crippen molar-refractivity contribution in [2.24, 2.45) is 0 Å². The third-order valence-electron chi connectivity index (χ3n) is 5.16. The first kappa shape index (κ1) is 16.0. The fourth-order valence-electron chi connectivity index (χ4n) is 3.91. The molecule has 0 aromatic heterocycles. The average Bonchev–Trinajstić information content (AvgIpc) is 3.24. The van der Waals surface area contributed by atoms with Crippen LogP contribution in [0.2, 0.25) is 0 Å². The zero-order valence-corrected chi connectivity index (χ0v) is 13.6. The number of allylic oxidation sites excluding steroid dienone is 1. The Balaban J connectivity index is 1.38. The molecule has 3 aliphatic rings. The van der Waals surface area contributed by atoms with Crippen molar-refractivity contribution >= 4 is 0 Å². The van der Waals surface area contributed by atoms with Gasteiger partial charge in [0.15, 0.2) is 6.29 Å². The molecule has 1 aliphatic carbocycles. The van der Waals surface area contributed by atoms with Gasteiger partial charge in [0.05, 0.1) is 17.8 Å². The van der Waals surface area contributed by atoms with Crippen LogP contribution in [-0.4, -0.2) is 30.7 Å². The molecule has 3 fully saturated rings. The fraction of sp³-hybridized carbons (Fsp3) is 0.833. The first-order chi connectivity index (χ1) is 10.7. The number of rotatable bonds is 6. The summed E-state index contributed by atoms with van der Waals surface area (Å²) in [5, 5.41) is 8.83. The molecule has 4 heteroatoms. The molecule has 122 valence electrons. The second kappa shape index (κ2) is 7.12. The summed E-state index contributed by atoms with van der Waals surface area (Å²) in [6.07, 6.45) is 12.1. The number of epoxide rings is 1. The summed E-state index contributed by atoms with van der Waals surface area (Å²) in [5.74, 6) is 0. The molecular formula is C18H27NO3. The number of hydrogen-bond acceptors (Lipinski definition) is 4. The van der Waals surface area contributed by atoms with Crippen molar-refractivity contribution in [3.8, 4) is 6.07 Å². The van der Waals surface area contributed by atoms with Crippen molar-refractivity contribution in [2.45, 2.75) is 88.8 Å². The third-order valence-corrected chi connectivity index (χ3v) is 5.16. The van der Waals surface area contributed by atoms with Crippen LogP contribution in [0.1, 0.15) is 64.7 Å². The molecule has 4 unspecified atom stereocenters. The first-order valence-electron chi connectivity index (χ1n) is 8.77. The minimum Gasteiger partial charge on any atom is -0.361 e. The lowest BCUT2D eigenvalue weighted by atomic mass is 9.82. The second-order valence-corrected chi connectivity index (χ2v) is 6.90. The Morgan fingerprint density at radius 3 is 3.14 bits per heavy atom. The number of nitrogens with zero attached hydrogens (tertiary/aromatic N) is 1. The van der Waals surface area contributed by atoms with Crippen LogP contribution in [0.5, 0.6) is 0 Å². The smallest absolute Gasteiger partial charge is 0.157 e. The van der Waals surface area contributed by atoms with Crippen molar-refractivity contribution in [2.75, 3.05) is 6.61 Å². The summed E-state index contributed by atoms with van der Waals surface area (Å²) < 4.78 is 17.6. The van der Waals surface area contributed by atoms with E-state index in [9.17, 15) is 0 Å². The number of nitriles is 1. The highest BCUT2D eigenvalue weighted by molar-refractivity contribution is 5.30. The van der Waals surface area contributed by atoms with Gasteiger partial charge in [-0.05, 0) is 70.3 Å². The van der Waals surface area contributed by atoms with E-state index in [-0.39, 0.29) is 24.1 Å². The highest BCUT2D eigenvalue weighted by atomic mass is 16.7. The van der Waals surface area contributed by atoms with Gasteiger partial charge in [-0.1, -0.05) is 0 Å². The number of fused-ring (bicyclic) bond motifs is 1. The molecule has 4 nitrogen and oxygen atoms in total. The van der Waals surface area contributed by atoms with Gasteiger partial charge >= 0.3 is 0 Å². The number of hydrogen-bond donors (Lipinski definition) is 0. The Hall–Kier alpha value is -0.890. The van der Waals surface area contributed by atoms with Crippen LogP contribution < -0.4 is 0 Å². The molecule has 22 heavy (non-hydrogen) atoms. The molecule has 0 aromatic rings. The van der Waals surface area contributed by atoms with E-state index in [0.29, 0.717) is 0 Å². The van der Waals surface area contributed by atoms with Gasteiger partial charge in [-0.25, -0.2) is 0 Å². The lowest BCUT2D eigenvalue weighted by molar-refractivity contribution is -0.185.